The van der Waals surface area contributed by atoms with Gasteiger partial charge in [0, 0.05) is 19.3 Å². The number of hydrogen-bond donors (Lipinski definition) is 2. The molecular weight excluding hydrogens is 260 g/mol. The predicted molar refractivity (Wildman–Crippen MR) is 81.8 cm³/mol. The molecule has 1 heterocycles. The summed E-state index contributed by atoms with van der Waals surface area (Å²) in [5.41, 5.74) is 1.95. The minimum absolute atomic E-state index is 0.597. The highest BCUT2D eigenvalue weighted by molar-refractivity contribution is 7.80. The van der Waals surface area contributed by atoms with Crippen molar-refractivity contribution in [3.05, 3.63) is 18.2 Å². The first-order valence-electron chi connectivity index (χ1n) is 6.30. The fraction of sp³-hybridized carbons (Fsp3) is 0.385. The molecule has 0 unspecified atom stereocenters. The number of anilines is 1. The van der Waals surface area contributed by atoms with Crippen molar-refractivity contribution in [2.45, 2.75) is 13.8 Å². The molecule has 1 aromatic carbocycles. The molecule has 5 nitrogen and oxygen atoms in total. The summed E-state index contributed by atoms with van der Waals surface area (Å²) in [5.74, 6) is 0.651. The van der Waals surface area contributed by atoms with Gasteiger partial charge in [-0.25, -0.2) is 0 Å². The van der Waals surface area contributed by atoms with E-state index in [9.17, 15) is 0 Å². The fourth-order valence-electron chi connectivity index (χ4n) is 1.89. The number of thiocarbonyl (C=S) groups is 1. The SMILES string of the molecule is CCNC(=S)Nc1ccc2c(c1)c(OCC)nn2C. The van der Waals surface area contributed by atoms with E-state index in [1.165, 1.54) is 0 Å². The predicted octanol–water partition coefficient (Wildman–Crippen LogP) is 2.28. The van der Waals surface area contributed by atoms with Crippen LogP contribution in [0.25, 0.3) is 10.9 Å². The Morgan fingerprint density at radius 1 is 1.42 bits per heavy atom. The number of hydrogen-bond acceptors (Lipinski definition) is 3. The molecule has 0 saturated heterocycles. The fourth-order valence-corrected chi connectivity index (χ4v) is 2.15. The summed E-state index contributed by atoms with van der Waals surface area (Å²) in [6.07, 6.45) is 0. The third-order valence-corrected chi connectivity index (χ3v) is 2.94. The maximum atomic E-state index is 5.54. The second-order valence-electron chi connectivity index (χ2n) is 4.08. The van der Waals surface area contributed by atoms with E-state index < -0.39 is 0 Å². The molecule has 2 aromatic rings. The molecule has 0 atom stereocenters. The Labute approximate surface area is 117 Å². The van der Waals surface area contributed by atoms with Crippen LogP contribution in [-0.2, 0) is 7.05 Å². The van der Waals surface area contributed by atoms with Gasteiger partial charge in [0.05, 0.1) is 17.5 Å². The largest absolute Gasteiger partial charge is 0.476 e. The van der Waals surface area contributed by atoms with Crippen LogP contribution in [0.5, 0.6) is 5.88 Å². The van der Waals surface area contributed by atoms with E-state index in [0.717, 1.165) is 23.1 Å². The summed E-state index contributed by atoms with van der Waals surface area (Å²) in [7, 11) is 1.90. The average Bonchev–Trinajstić information content (AvgIpc) is 2.67. The van der Waals surface area contributed by atoms with E-state index in [2.05, 4.69) is 15.7 Å². The summed E-state index contributed by atoms with van der Waals surface area (Å²) in [4.78, 5) is 0. The van der Waals surface area contributed by atoms with Crippen molar-refractivity contribution in [2.24, 2.45) is 7.05 Å². The van der Waals surface area contributed by atoms with Crippen molar-refractivity contribution in [3.63, 3.8) is 0 Å². The highest BCUT2D eigenvalue weighted by Gasteiger charge is 2.10. The van der Waals surface area contributed by atoms with Gasteiger partial charge in [0.2, 0.25) is 5.88 Å². The Bertz CT molecular complexity index is 594. The van der Waals surface area contributed by atoms with Gasteiger partial charge >= 0.3 is 0 Å². The molecule has 102 valence electrons. The third kappa shape index (κ3) is 2.96. The molecule has 0 saturated carbocycles. The minimum atomic E-state index is 0.597. The third-order valence-electron chi connectivity index (χ3n) is 2.69. The van der Waals surface area contributed by atoms with Gasteiger partial charge in [-0.3, -0.25) is 4.68 Å². The van der Waals surface area contributed by atoms with Crippen LogP contribution in [0.2, 0.25) is 0 Å². The Kier molecular flexibility index (Phi) is 4.21. The summed E-state index contributed by atoms with van der Waals surface area (Å²) >= 11 is 5.17. The van der Waals surface area contributed by atoms with Crippen LogP contribution < -0.4 is 15.4 Å². The van der Waals surface area contributed by atoms with Gasteiger partial charge in [-0.1, -0.05) is 0 Å². The number of fused-ring (bicyclic) bond motifs is 1. The Morgan fingerprint density at radius 3 is 2.89 bits per heavy atom. The van der Waals surface area contributed by atoms with Gasteiger partial charge in [-0.15, -0.1) is 5.10 Å². The Hall–Kier alpha value is -1.82. The van der Waals surface area contributed by atoms with E-state index in [1.54, 1.807) is 0 Å². The number of ether oxygens (including phenoxy) is 1. The molecule has 2 N–H and O–H groups in total. The molecule has 1 aromatic heterocycles. The maximum absolute atomic E-state index is 5.54. The molecular formula is C13H18N4OS. The molecule has 2 rings (SSSR count). The van der Waals surface area contributed by atoms with Crippen LogP contribution in [-0.4, -0.2) is 28.0 Å². The summed E-state index contributed by atoms with van der Waals surface area (Å²) < 4.78 is 7.35. The van der Waals surface area contributed by atoms with Crippen molar-refractivity contribution in [1.29, 1.82) is 0 Å². The number of nitrogens with one attached hydrogen (secondary N) is 2. The van der Waals surface area contributed by atoms with Gasteiger partial charge in [0.25, 0.3) is 0 Å². The molecule has 0 spiro atoms. The van der Waals surface area contributed by atoms with E-state index in [1.807, 2.05) is 43.8 Å². The van der Waals surface area contributed by atoms with Gasteiger partial charge in [-0.05, 0) is 44.3 Å². The molecule has 19 heavy (non-hydrogen) atoms. The summed E-state index contributed by atoms with van der Waals surface area (Å²) in [6, 6.07) is 5.97. The second kappa shape index (κ2) is 5.88. The van der Waals surface area contributed by atoms with Crippen LogP contribution in [0, 0.1) is 0 Å². The number of rotatable bonds is 4. The first-order chi connectivity index (χ1) is 9.15. The van der Waals surface area contributed by atoms with Gasteiger partial charge < -0.3 is 15.4 Å². The number of aryl methyl sites for hydroxylation is 1. The van der Waals surface area contributed by atoms with Crippen molar-refractivity contribution in [2.75, 3.05) is 18.5 Å². The van der Waals surface area contributed by atoms with Gasteiger partial charge in [0.1, 0.15) is 0 Å². The minimum Gasteiger partial charge on any atom is -0.476 e. The monoisotopic (exact) mass is 278 g/mol. The lowest BCUT2D eigenvalue weighted by Crippen LogP contribution is -2.27. The molecule has 0 amide bonds. The molecule has 0 bridgehead atoms. The van der Waals surface area contributed by atoms with Gasteiger partial charge in [-0.2, -0.15) is 0 Å². The first kappa shape index (κ1) is 13.6. The second-order valence-corrected chi connectivity index (χ2v) is 4.49. The number of benzene rings is 1. The number of nitrogens with zero attached hydrogens (tertiary/aromatic N) is 2. The quantitative estimate of drug-likeness (QED) is 0.840. The lowest BCUT2D eigenvalue weighted by Gasteiger charge is -2.09. The maximum Gasteiger partial charge on any atom is 0.240 e. The van der Waals surface area contributed by atoms with Crippen LogP contribution >= 0.6 is 12.2 Å². The van der Waals surface area contributed by atoms with Crippen molar-refractivity contribution in [1.82, 2.24) is 15.1 Å². The van der Waals surface area contributed by atoms with E-state index in [0.29, 0.717) is 17.6 Å². The highest BCUT2D eigenvalue weighted by Crippen LogP contribution is 2.27. The van der Waals surface area contributed by atoms with Crippen LogP contribution in [0.1, 0.15) is 13.8 Å². The normalized spacial score (nSPS) is 10.5. The molecule has 0 aliphatic heterocycles. The topological polar surface area (TPSA) is 51.1 Å². The first-order valence-corrected chi connectivity index (χ1v) is 6.71. The van der Waals surface area contributed by atoms with Crippen molar-refractivity contribution < 1.29 is 4.74 Å². The average molecular weight is 278 g/mol. The van der Waals surface area contributed by atoms with E-state index in [-0.39, 0.29) is 0 Å². The smallest absolute Gasteiger partial charge is 0.240 e. The zero-order valence-corrected chi connectivity index (χ0v) is 12.2. The van der Waals surface area contributed by atoms with Crippen molar-refractivity contribution in [3.8, 4) is 5.88 Å². The Balaban J connectivity index is 2.33. The molecule has 0 radical (unpaired) electrons. The zero-order valence-electron chi connectivity index (χ0n) is 11.4. The van der Waals surface area contributed by atoms with Crippen LogP contribution in [0.15, 0.2) is 18.2 Å². The summed E-state index contributed by atoms with van der Waals surface area (Å²) in [5, 5.41) is 12.1. The van der Waals surface area contributed by atoms with Gasteiger partial charge in [0.15, 0.2) is 5.11 Å². The molecule has 0 aliphatic carbocycles. The standard InChI is InChI=1S/C13H18N4OS/c1-4-14-13(19)15-9-6-7-11-10(8-9)12(18-5-2)16-17(11)3/h6-8H,4-5H2,1-3H3,(H2,14,15,19). The van der Waals surface area contributed by atoms with Crippen LogP contribution in [0.4, 0.5) is 5.69 Å². The van der Waals surface area contributed by atoms with E-state index >= 15 is 0 Å². The Morgan fingerprint density at radius 2 is 2.21 bits per heavy atom. The molecule has 0 aliphatic rings. The lowest BCUT2D eigenvalue weighted by atomic mass is 10.2. The molecule has 6 heteroatoms. The van der Waals surface area contributed by atoms with Crippen molar-refractivity contribution >= 4 is 33.9 Å². The van der Waals surface area contributed by atoms with Crippen LogP contribution in [0.3, 0.4) is 0 Å². The highest BCUT2D eigenvalue weighted by atomic mass is 32.1. The number of aromatic nitrogens is 2. The zero-order chi connectivity index (χ0) is 13.8. The summed E-state index contributed by atoms with van der Waals surface area (Å²) in [6.45, 7) is 5.35. The lowest BCUT2D eigenvalue weighted by molar-refractivity contribution is 0.326. The molecule has 0 fully saturated rings. The van der Waals surface area contributed by atoms with E-state index in [4.69, 9.17) is 17.0 Å².